The molecular weight excluding hydrogens is 270 g/mol. The van der Waals surface area contributed by atoms with E-state index in [1.54, 1.807) is 0 Å². The minimum absolute atomic E-state index is 0.141. The highest BCUT2D eigenvalue weighted by Crippen LogP contribution is 2.41. The van der Waals surface area contributed by atoms with Gasteiger partial charge in [0.15, 0.2) is 0 Å². The third-order valence-electron chi connectivity index (χ3n) is 4.46. The summed E-state index contributed by atoms with van der Waals surface area (Å²) in [6.07, 6.45) is 6.79. The maximum absolute atomic E-state index is 6.16. The van der Waals surface area contributed by atoms with Gasteiger partial charge >= 0.3 is 0 Å². The summed E-state index contributed by atoms with van der Waals surface area (Å²) >= 11 is 2.06. The summed E-state index contributed by atoms with van der Waals surface area (Å²) in [6.45, 7) is 4.87. The Kier molecular flexibility index (Phi) is 4.68. The topological polar surface area (TPSA) is 39.1 Å². The number of hydrogen-bond acceptors (Lipinski definition) is 4. The summed E-state index contributed by atoms with van der Waals surface area (Å²) in [4.78, 5) is 0. The van der Waals surface area contributed by atoms with E-state index in [0.29, 0.717) is 6.04 Å². The van der Waals surface area contributed by atoms with Crippen LogP contribution in [0.4, 0.5) is 0 Å². The van der Waals surface area contributed by atoms with Crippen LogP contribution in [-0.2, 0) is 11.3 Å². The van der Waals surface area contributed by atoms with Crippen molar-refractivity contribution in [3.05, 3.63) is 18.0 Å². The molecule has 1 N–H and O–H groups in total. The van der Waals surface area contributed by atoms with Crippen LogP contribution in [0.25, 0.3) is 0 Å². The van der Waals surface area contributed by atoms with Gasteiger partial charge in [-0.05, 0) is 49.8 Å². The van der Waals surface area contributed by atoms with Crippen molar-refractivity contribution in [2.24, 2.45) is 0 Å². The van der Waals surface area contributed by atoms with Gasteiger partial charge in [0.2, 0.25) is 0 Å². The fraction of sp³-hybridized carbons (Fsp3) is 0.800. The number of nitrogens with zero attached hydrogens (tertiary/aromatic N) is 2. The molecule has 3 heterocycles. The largest absolute Gasteiger partial charge is 0.375 e. The van der Waals surface area contributed by atoms with Crippen LogP contribution in [0.1, 0.15) is 44.3 Å². The van der Waals surface area contributed by atoms with E-state index in [2.05, 4.69) is 40.9 Å². The van der Waals surface area contributed by atoms with Crippen LogP contribution in [0.15, 0.2) is 12.3 Å². The Morgan fingerprint density at radius 1 is 1.50 bits per heavy atom. The van der Waals surface area contributed by atoms with Crippen molar-refractivity contribution < 1.29 is 4.74 Å². The van der Waals surface area contributed by atoms with Crippen molar-refractivity contribution in [3.8, 4) is 0 Å². The maximum Gasteiger partial charge on any atom is 0.0762 e. The molecule has 2 saturated heterocycles. The van der Waals surface area contributed by atoms with Gasteiger partial charge in [-0.1, -0.05) is 6.92 Å². The zero-order chi connectivity index (χ0) is 13.8. The Morgan fingerprint density at radius 3 is 3.15 bits per heavy atom. The van der Waals surface area contributed by atoms with Crippen molar-refractivity contribution in [2.45, 2.75) is 50.8 Å². The first-order valence-electron chi connectivity index (χ1n) is 7.78. The smallest absolute Gasteiger partial charge is 0.0762 e. The number of aromatic nitrogens is 2. The molecule has 1 atom stereocenters. The lowest BCUT2D eigenvalue weighted by Gasteiger charge is -2.43. The molecule has 0 aromatic carbocycles. The molecule has 2 aliphatic heterocycles. The molecule has 0 amide bonds. The second-order valence-corrected chi connectivity index (χ2v) is 7.08. The molecule has 1 aromatic rings. The molecule has 2 fully saturated rings. The first-order valence-corrected chi connectivity index (χ1v) is 8.93. The van der Waals surface area contributed by atoms with Crippen LogP contribution in [0, 0.1) is 0 Å². The van der Waals surface area contributed by atoms with E-state index >= 15 is 0 Å². The van der Waals surface area contributed by atoms with Gasteiger partial charge in [-0.25, -0.2) is 0 Å². The van der Waals surface area contributed by atoms with Crippen LogP contribution in [-0.4, -0.2) is 40.0 Å². The number of ether oxygens (including phenoxy) is 1. The summed E-state index contributed by atoms with van der Waals surface area (Å²) in [5.41, 5.74) is 1.29. The number of nitrogens with one attached hydrogen (secondary N) is 1. The number of thioether (sulfide) groups is 1. The van der Waals surface area contributed by atoms with E-state index in [1.165, 1.54) is 24.3 Å². The Hall–Kier alpha value is -0.520. The zero-order valence-corrected chi connectivity index (χ0v) is 13.1. The highest BCUT2D eigenvalue weighted by Gasteiger charge is 2.39. The molecule has 2 aliphatic rings. The van der Waals surface area contributed by atoms with Gasteiger partial charge in [0.25, 0.3) is 0 Å². The number of hydrogen-bond donors (Lipinski definition) is 1. The van der Waals surface area contributed by atoms with E-state index in [9.17, 15) is 0 Å². The van der Waals surface area contributed by atoms with Crippen LogP contribution in [0.2, 0.25) is 0 Å². The van der Waals surface area contributed by atoms with Crippen LogP contribution < -0.4 is 5.32 Å². The van der Waals surface area contributed by atoms with Crippen molar-refractivity contribution in [2.75, 3.05) is 24.7 Å². The van der Waals surface area contributed by atoms with Crippen molar-refractivity contribution in [3.63, 3.8) is 0 Å². The van der Waals surface area contributed by atoms with E-state index in [1.807, 2.05) is 0 Å². The minimum atomic E-state index is 0.141. The van der Waals surface area contributed by atoms with Crippen LogP contribution in [0.3, 0.4) is 0 Å². The average Bonchev–Trinajstić information content (AvgIpc) is 2.95. The quantitative estimate of drug-likeness (QED) is 0.927. The normalized spacial score (nSPS) is 25.9. The third kappa shape index (κ3) is 3.21. The van der Waals surface area contributed by atoms with E-state index in [-0.39, 0.29) is 5.60 Å². The van der Waals surface area contributed by atoms with E-state index in [0.717, 1.165) is 38.2 Å². The molecule has 0 aliphatic carbocycles. The second kappa shape index (κ2) is 6.50. The van der Waals surface area contributed by atoms with E-state index < -0.39 is 0 Å². The van der Waals surface area contributed by atoms with Gasteiger partial charge in [-0.15, -0.1) is 0 Å². The lowest BCUT2D eigenvalue weighted by Crippen LogP contribution is -2.43. The molecule has 20 heavy (non-hydrogen) atoms. The summed E-state index contributed by atoms with van der Waals surface area (Å²) in [6, 6.07) is 2.66. The van der Waals surface area contributed by atoms with Crippen molar-refractivity contribution in [1.82, 2.24) is 15.1 Å². The fourth-order valence-corrected chi connectivity index (χ4v) is 4.48. The van der Waals surface area contributed by atoms with Gasteiger partial charge in [0.1, 0.15) is 0 Å². The summed E-state index contributed by atoms with van der Waals surface area (Å²) in [5, 5.41) is 8.08. The molecule has 0 radical (unpaired) electrons. The Labute approximate surface area is 125 Å². The SMILES string of the molecule is CCNCc1ccn(C2CCOC3(CCSCC3)C2)n1. The maximum atomic E-state index is 6.16. The predicted octanol–water partition coefficient (Wildman–Crippen LogP) is 2.61. The second-order valence-electron chi connectivity index (χ2n) is 5.86. The van der Waals surface area contributed by atoms with Gasteiger partial charge in [0.05, 0.1) is 17.3 Å². The lowest BCUT2D eigenvalue weighted by molar-refractivity contribution is -0.100. The van der Waals surface area contributed by atoms with Crippen molar-refractivity contribution >= 4 is 11.8 Å². The lowest BCUT2D eigenvalue weighted by atomic mass is 9.85. The van der Waals surface area contributed by atoms with Crippen molar-refractivity contribution in [1.29, 1.82) is 0 Å². The minimum Gasteiger partial charge on any atom is -0.375 e. The molecule has 0 saturated carbocycles. The molecule has 5 heteroatoms. The summed E-state index contributed by atoms with van der Waals surface area (Å²) in [7, 11) is 0. The molecular formula is C15H25N3OS. The van der Waals surface area contributed by atoms with Gasteiger partial charge in [-0.3, -0.25) is 4.68 Å². The van der Waals surface area contributed by atoms with Gasteiger partial charge in [0, 0.05) is 19.3 Å². The first-order chi connectivity index (χ1) is 9.81. The molecule has 1 spiro atoms. The summed E-state index contributed by atoms with van der Waals surface area (Å²) < 4.78 is 8.34. The first kappa shape index (κ1) is 14.4. The van der Waals surface area contributed by atoms with Crippen LogP contribution >= 0.6 is 11.8 Å². The van der Waals surface area contributed by atoms with Gasteiger partial charge < -0.3 is 10.1 Å². The highest BCUT2D eigenvalue weighted by molar-refractivity contribution is 7.99. The van der Waals surface area contributed by atoms with E-state index in [4.69, 9.17) is 9.84 Å². The molecule has 1 unspecified atom stereocenters. The predicted molar refractivity (Wildman–Crippen MR) is 83.1 cm³/mol. The Balaban J connectivity index is 1.65. The third-order valence-corrected chi connectivity index (χ3v) is 5.45. The highest BCUT2D eigenvalue weighted by atomic mass is 32.2. The Bertz CT molecular complexity index is 423. The monoisotopic (exact) mass is 295 g/mol. The zero-order valence-electron chi connectivity index (χ0n) is 12.3. The molecule has 112 valence electrons. The summed E-state index contributed by atoms with van der Waals surface area (Å²) in [5.74, 6) is 2.50. The molecule has 0 bridgehead atoms. The molecule has 1 aromatic heterocycles. The Morgan fingerprint density at radius 2 is 2.35 bits per heavy atom. The molecule has 3 rings (SSSR count). The van der Waals surface area contributed by atoms with Gasteiger partial charge in [-0.2, -0.15) is 16.9 Å². The van der Waals surface area contributed by atoms with Crippen LogP contribution in [0.5, 0.6) is 0 Å². The molecule has 4 nitrogen and oxygen atoms in total. The number of rotatable bonds is 4. The fourth-order valence-electron chi connectivity index (χ4n) is 3.25. The standard InChI is InChI=1S/C15H25N3OS/c1-2-16-12-13-3-7-18(17-13)14-4-8-19-15(11-14)5-9-20-10-6-15/h3,7,14,16H,2,4-6,8-12H2,1H3. The average molecular weight is 295 g/mol.